The number of nitrogens with one attached hydrogen (secondary N) is 1. The molecule has 1 aromatic carbocycles. The molecule has 160 valence electrons. The minimum Gasteiger partial charge on any atom is -0.370 e. The van der Waals surface area contributed by atoms with Gasteiger partial charge in [-0.3, -0.25) is 10.3 Å². The molecular weight excluding hydrogens is 390 g/mol. The number of ether oxygens (including phenoxy) is 1. The number of imidazole rings is 1. The van der Waals surface area contributed by atoms with Crippen molar-refractivity contribution >= 4 is 5.71 Å². The normalized spacial score (nSPS) is 24.5. The molecule has 3 atom stereocenters. The maximum absolute atomic E-state index is 14.1. The summed E-state index contributed by atoms with van der Waals surface area (Å²) < 4.78 is 35.6. The van der Waals surface area contributed by atoms with E-state index in [-0.39, 0.29) is 11.6 Å². The van der Waals surface area contributed by atoms with Crippen LogP contribution < -0.4 is 11.1 Å². The lowest BCUT2D eigenvalue weighted by molar-refractivity contribution is -0.556. The lowest BCUT2D eigenvalue weighted by Crippen LogP contribution is -2.72. The van der Waals surface area contributed by atoms with Gasteiger partial charge in [-0.05, 0) is 24.6 Å². The summed E-state index contributed by atoms with van der Waals surface area (Å²) in [7, 11) is 3.83. The number of aromatic nitrogens is 2. The van der Waals surface area contributed by atoms with Crippen LogP contribution in [0, 0.1) is 17.0 Å². The fourth-order valence-corrected chi connectivity index (χ4v) is 4.27. The molecule has 0 amide bonds. The van der Waals surface area contributed by atoms with Crippen LogP contribution in [0.2, 0.25) is 0 Å². The molecule has 0 saturated carbocycles. The van der Waals surface area contributed by atoms with Crippen LogP contribution in [0.25, 0.3) is 0 Å². The van der Waals surface area contributed by atoms with Crippen LogP contribution in [-0.2, 0) is 24.9 Å². The standard InChI is InChI=1S/C21H26F2N6O/c1-26-6-5-16(24)21-27-18-9-29(10-19(18)28(21)2)13-8-17(25)20(30-11-13)14-7-12(22)3-4-15(14)23/h3-7,13,17,20,24,26H,8-11,25H2,1-2H3/p+1/b6-5-,24-16?/t13-,17+,20-/m1/s1. The average Bonchev–Trinajstić information content (AvgIpc) is 3.28. The third kappa shape index (κ3) is 3.81. The summed E-state index contributed by atoms with van der Waals surface area (Å²) in [6.45, 7) is 1.73. The van der Waals surface area contributed by atoms with Gasteiger partial charge in [0.25, 0.3) is 0 Å². The summed E-state index contributed by atoms with van der Waals surface area (Å²) in [5, 5.41) is 10.1. The molecule has 2 aliphatic heterocycles. The molecule has 1 saturated heterocycles. The Morgan fingerprint density at radius 3 is 2.87 bits per heavy atom. The summed E-state index contributed by atoms with van der Waals surface area (Å²) >= 11 is 0. The first kappa shape index (κ1) is 20.8. The van der Waals surface area contributed by atoms with Crippen LogP contribution in [0.4, 0.5) is 8.78 Å². The Kier molecular flexibility index (Phi) is 5.79. The Hall–Kier alpha value is -2.46. The van der Waals surface area contributed by atoms with Crippen LogP contribution in [0.15, 0.2) is 30.5 Å². The Labute approximate surface area is 174 Å². The van der Waals surface area contributed by atoms with Crippen molar-refractivity contribution in [2.45, 2.75) is 37.7 Å². The highest BCUT2D eigenvalue weighted by Crippen LogP contribution is 2.34. The summed E-state index contributed by atoms with van der Waals surface area (Å²) in [6, 6.07) is 3.00. The topological polar surface area (TPSA) is 96.8 Å². The number of nitrogens with zero attached hydrogens (tertiary/aromatic N) is 3. The average molecular weight is 417 g/mol. The van der Waals surface area contributed by atoms with Crippen molar-refractivity contribution in [3.63, 3.8) is 0 Å². The second-order valence-corrected chi connectivity index (χ2v) is 7.87. The maximum Gasteiger partial charge on any atom is 0.158 e. The fourth-order valence-electron chi connectivity index (χ4n) is 4.27. The predicted molar refractivity (Wildman–Crippen MR) is 108 cm³/mol. The van der Waals surface area contributed by atoms with Crippen molar-refractivity contribution < 1.29 is 18.8 Å². The van der Waals surface area contributed by atoms with Crippen molar-refractivity contribution in [1.29, 1.82) is 5.41 Å². The molecule has 0 aliphatic carbocycles. The van der Waals surface area contributed by atoms with Crippen molar-refractivity contribution in [3.05, 3.63) is 64.9 Å². The monoisotopic (exact) mass is 417 g/mol. The molecule has 1 aromatic heterocycles. The van der Waals surface area contributed by atoms with Crippen molar-refractivity contribution in [1.82, 2.24) is 14.5 Å². The fraction of sp³-hybridized carbons (Fsp3) is 0.429. The number of hydrogen-bond acceptors (Lipinski definition) is 5. The first-order valence-corrected chi connectivity index (χ1v) is 10.0. The highest BCUT2D eigenvalue weighted by molar-refractivity contribution is 6.03. The number of benzene rings is 1. The molecule has 9 heteroatoms. The van der Waals surface area contributed by atoms with E-state index in [1.165, 1.54) is 0 Å². The molecule has 0 unspecified atom stereocenters. The maximum atomic E-state index is 14.1. The molecule has 0 bridgehead atoms. The van der Waals surface area contributed by atoms with Crippen molar-refractivity contribution in [2.75, 3.05) is 13.7 Å². The first-order chi connectivity index (χ1) is 14.4. The third-order valence-corrected chi connectivity index (χ3v) is 5.88. The van der Waals surface area contributed by atoms with Gasteiger partial charge < -0.3 is 20.4 Å². The Morgan fingerprint density at radius 1 is 1.37 bits per heavy atom. The lowest BCUT2D eigenvalue weighted by atomic mass is 9.93. The van der Waals surface area contributed by atoms with E-state index < -0.39 is 23.8 Å². The largest absolute Gasteiger partial charge is 0.370 e. The van der Waals surface area contributed by atoms with Gasteiger partial charge in [0.1, 0.15) is 23.5 Å². The molecule has 4 rings (SSSR count). The summed E-state index contributed by atoms with van der Waals surface area (Å²) in [6.07, 6.45) is 3.52. The minimum absolute atomic E-state index is 0.0690. The van der Waals surface area contributed by atoms with E-state index in [0.29, 0.717) is 37.7 Å². The zero-order chi connectivity index (χ0) is 21.4. The van der Waals surface area contributed by atoms with Crippen LogP contribution >= 0.6 is 0 Å². The number of rotatable bonds is 5. The van der Waals surface area contributed by atoms with Crippen LogP contribution in [-0.4, -0.2) is 45.9 Å². The highest BCUT2D eigenvalue weighted by Gasteiger charge is 2.37. The van der Waals surface area contributed by atoms with Crippen LogP contribution in [0.1, 0.15) is 35.3 Å². The number of nitrogens with two attached hydrogens (primary N) is 2. The van der Waals surface area contributed by atoms with Gasteiger partial charge in [0.15, 0.2) is 5.82 Å². The van der Waals surface area contributed by atoms with E-state index in [1.807, 2.05) is 30.2 Å². The van der Waals surface area contributed by atoms with E-state index in [0.717, 1.165) is 29.6 Å². The van der Waals surface area contributed by atoms with Gasteiger partial charge in [0.05, 0.1) is 31.2 Å². The predicted octanol–water partition coefficient (Wildman–Crippen LogP) is 0.946. The quantitative estimate of drug-likeness (QED) is 0.631. The van der Waals surface area contributed by atoms with Crippen LogP contribution in [0.3, 0.4) is 0 Å². The molecule has 30 heavy (non-hydrogen) atoms. The van der Waals surface area contributed by atoms with Gasteiger partial charge in [-0.25, -0.2) is 13.8 Å². The molecule has 2 aromatic rings. The number of allylic oxidation sites excluding steroid dienone is 1. The summed E-state index contributed by atoms with van der Waals surface area (Å²) in [4.78, 5) is 6.91. The van der Waals surface area contributed by atoms with Gasteiger partial charge in [-0.2, -0.15) is 0 Å². The van der Waals surface area contributed by atoms with Crippen LogP contribution in [0.5, 0.6) is 0 Å². The number of halogens is 2. The van der Waals surface area contributed by atoms with E-state index in [9.17, 15) is 8.78 Å². The van der Waals surface area contributed by atoms with E-state index in [4.69, 9.17) is 15.9 Å². The van der Waals surface area contributed by atoms with Crippen molar-refractivity contribution in [2.24, 2.45) is 12.8 Å². The van der Waals surface area contributed by atoms with Gasteiger partial charge in [-0.15, -0.1) is 0 Å². The van der Waals surface area contributed by atoms with Gasteiger partial charge in [0, 0.05) is 43.9 Å². The molecule has 1 fully saturated rings. The molecule has 0 radical (unpaired) electrons. The highest BCUT2D eigenvalue weighted by atomic mass is 19.1. The molecule has 5 N–H and O–H groups in total. The molecule has 0 spiro atoms. The van der Waals surface area contributed by atoms with E-state index in [2.05, 4.69) is 9.88 Å². The molecule has 2 aliphatic rings. The molecular formula is C21H27F2N6O+. The summed E-state index contributed by atoms with van der Waals surface area (Å²) in [5.41, 5.74) is 8.89. The Morgan fingerprint density at radius 2 is 2.17 bits per heavy atom. The second kappa shape index (κ2) is 8.35. The number of hydrogen-bond donors (Lipinski definition) is 3. The molecule has 7 nitrogen and oxygen atoms in total. The first-order valence-electron chi connectivity index (χ1n) is 10.0. The smallest absolute Gasteiger partial charge is 0.158 e. The SMILES string of the molecule is C[NH2+]/C=C\C(=N)c1nc2c(n1C)CN([C@H]1CO[C@H](c3cc(F)ccc3F)[C@@H](N)C1)C2. The number of fused-ring (bicyclic) bond motifs is 1. The second-order valence-electron chi connectivity index (χ2n) is 7.87. The Balaban J connectivity index is 1.43. The molecule has 3 heterocycles. The van der Waals surface area contributed by atoms with Gasteiger partial charge in [0.2, 0.25) is 0 Å². The Bertz CT molecular complexity index is 988. The summed E-state index contributed by atoms with van der Waals surface area (Å²) in [5.74, 6) is -0.354. The van der Waals surface area contributed by atoms with E-state index >= 15 is 0 Å². The van der Waals surface area contributed by atoms with Gasteiger partial charge in [-0.1, -0.05) is 0 Å². The van der Waals surface area contributed by atoms with E-state index in [1.54, 1.807) is 6.08 Å². The minimum atomic E-state index is -0.658. The lowest BCUT2D eigenvalue weighted by Gasteiger charge is -2.38. The third-order valence-electron chi connectivity index (χ3n) is 5.88. The zero-order valence-electron chi connectivity index (χ0n) is 17.1. The zero-order valence-corrected chi connectivity index (χ0v) is 17.1. The number of quaternary nitrogens is 1. The van der Waals surface area contributed by atoms with Crippen molar-refractivity contribution in [3.8, 4) is 0 Å². The van der Waals surface area contributed by atoms with Gasteiger partial charge >= 0.3 is 0 Å².